The van der Waals surface area contributed by atoms with Gasteiger partial charge in [0.05, 0.1) is 28.5 Å². The Morgan fingerprint density at radius 2 is 2.06 bits per heavy atom. The van der Waals surface area contributed by atoms with Crippen LogP contribution in [0.2, 0.25) is 5.02 Å². The van der Waals surface area contributed by atoms with E-state index in [0.717, 1.165) is 23.9 Å². The summed E-state index contributed by atoms with van der Waals surface area (Å²) in [6.45, 7) is 0.547. The lowest BCUT2D eigenvalue weighted by Gasteiger charge is -2.24. The molecule has 3 amide bonds. The highest BCUT2D eigenvalue weighted by Crippen LogP contribution is 2.38. The summed E-state index contributed by atoms with van der Waals surface area (Å²) in [5.41, 5.74) is -0.488. The van der Waals surface area contributed by atoms with E-state index in [0.29, 0.717) is 39.3 Å². The van der Waals surface area contributed by atoms with E-state index in [1.807, 2.05) is 0 Å². The molecule has 0 atom stereocenters. The number of amides is 3. The van der Waals surface area contributed by atoms with Crippen LogP contribution in [0.3, 0.4) is 0 Å². The van der Waals surface area contributed by atoms with Gasteiger partial charge >= 0.3 is 12.2 Å². The lowest BCUT2D eigenvalue weighted by Crippen LogP contribution is -2.36. The SMILES string of the molecule is O=C1NC(=S)SC1=Cc1ccc2c(c1)N(C(=O)Nc1ccc(Cl)cc1C(F)(F)F)CCCO2. The van der Waals surface area contributed by atoms with Crippen molar-refractivity contribution in [1.29, 1.82) is 0 Å². The van der Waals surface area contributed by atoms with Crippen LogP contribution in [0.25, 0.3) is 6.08 Å². The Labute approximate surface area is 201 Å². The van der Waals surface area contributed by atoms with E-state index in [9.17, 15) is 22.8 Å². The molecule has 0 aromatic heterocycles. The van der Waals surface area contributed by atoms with Gasteiger partial charge in [0.1, 0.15) is 10.1 Å². The van der Waals surface area contributed by atoms with Gasteiger partial charge in [0, 0.05) is 11.6 Å². The van der Waals surface area contributed by atoms with Crippen molar-refractivity contribution in [3.8, 4) is 5.75 Å². The van der Waals surface area contributed by atoms with E-state index in [1.165, 1.54) is 11.0 Å². The minimum absolute atomic E-state index is 0.0974. The smallest absolute Gasteiger partial charge is 0.418 e. The Morgan fingerprint density at radius 1 is 1.27 bits per heavy atom. The van der Waals surface area contributed by atoms with Crippen LogP contribution in [0.1, 0.15) is 17.5 Å². The molecule has 2 aromatic carbocycles. The van der Waals surface area contributed by atoms with Gasteiger partial charge in [-0.3, -0.25) is 9.69 Å². The molecule has 2 aliphatic rings. The zero-order chi connectivity index (χ0) is 23.8. The fourth-order valence-electron chi connectivity index (χ4n) is 3.31. The highest BCUT2D eigenvalue weighted by Gasteiger charge is 2.35. The van der Waals surface area contributed by atoms with Crippen LogP contribution in [0.4, 0.5) is 29.3 Å². The molecule has 0 bridgehead atoms. The molecule has 0 saturated carbocycles. The van der Waals surface area contributed by atoms with E-state index in [2.05, 4.69) is 10.6 Å². The van der Waals surface area contributed by atoms with Crippen molar-refractivity contribution in [3.63, 3.8) is 0 Å². The first-order valence-electron chi connectivity index (χ1n) is 9.59. The summed E-state index contributed by atoms with van der Waals surface area (Å²) >= 11 is 11.8. The van der Waals surface area contributed by atoms with Crippen LogP contribution in [0, 0.1) is 0 Å². The van der Waals surface area contributed by atoms with E-state index in [-0.39, 0.29) is 17.5 Å². The van der Waals surface area contributed by atoms with E-state index >= 15 is 0 Å². The molecular formula is C21H15ClF3N3O3S2. The molecule has 2 N–H and O–H groups in total. The fraction of sp³-hybridized carbons (Fsp3) is 0.190. The second kappa shape index (κ2) is 9.24. The number of thioether (sulfide) groups is 1. The lowest BCUT2D eigenvalue weighted by molar-refractivity contribution is -0.136. The predicted octanol–water partition coefficient (Wildman–Crippen LogP) is 5.67. The van der Waals surface area contributed by atoms with Crippen LogP contribution < -0.4 is 20.3 Å². The van der Waals surface area contributed by atoms with Crippen molar-refractivity contribution in [2.75, 3.05) is 23.4 Å². The third-order valence-electron chi connectivity index (χ3n) is 4.77. The van der Waals surface area contributed by atoms with Gasteiger partial charge in [-0.05, 0) is 48.4 Å². The van der Waals surface area contributed by atoms with E-state index in [4.69, 9.17) is 28.6 Å². The van der Waals surface area contributed by atoms with Crippen molar-refractivity contribution in [1.82, 2.24) is 5.32 Å². The number of ether oxygens (including phenoxy) is 1. The fourth-order valence-corrected chi connectivity index (χ4v) is 4.52. The van der Waals surface area contributed by atoms with Crippen LogP contribution in [0.5, 0.6) is 5.75 Å². The minimum Gasteiger partial charge on any atom is -0.491 e. The molecule has 0 aliphatic carbocycles. The number of nitrogens with zero attached hydrogens (tertiary/aromatic N) is 1. The van der Waals surface area contributed by atoms with Crippen molar-refractivity contribution < 1.29 is 27.5 Å². The summed E-state index contributed by atoms with van der Waals surface area (Å²) in [4.78, 5) is 26.7. The number of nitrogens with one attached hydrogen (secondary N) is 2. The van der Waals surface area contributed by atoms with Gasteiger partial charge < -0.3 is 15.4 Å². The minimum atomic E-state index is -4.70. The number of alkyl halides is 3. The number of rotatable bonds is 2. The number of carbonyl (C=O) groups is 2. The first-order valence-corrected chi connectivity index (χ1v) is 11.2. The zero-order valence-corrected chi connectivity index (χ0v) is 19.1. The molecule has 0 spiro atoms. The number of fused-ring (bicyclic) bond motifs is 1. The Hall–Kier alpha value is -2.76. The summed E-state index contributed by atoms with van der Waals surface area (Å²) in [6.07, 6.45) is -2.62. The molecule has 6 nitrogen and oxygen atoms in total. The second-order valence-electron chi connectivity index (χ2n) is 7.05. The first-order chi connectivity index (χ1) is 15.6. The second-order valence-corrected chi connectivity index (χ2v) is 9.21. The molecular weight excluding hydrogens is 499 g/mol. The predicted molar refractivity (Wildman–Crippen MR) is 126 cm³/mol. The molecule has 0 unspecified atom stereocenters. The highest BCUT2D eigenvalue weighted by molar-refractivity contribution is 8.26. The maximum atomic E-state index is 13.4. The number of halogens is 4. The molecule has 1 fully saturated rings. The van der Waals surface area contributed by atoms with Gasteiger partial charge in [0.25, 0.3) is 5.91 Å². The number of hydrogen-bond acceptors (Lipinski definition) is 5. The average Bonchev–Trinajstić information content (AvgIpc) is 2.93. The quantitative estimate of drug-likeness (QED) is 0.400. The number of urea groups is 1. The monoisotopic (exact) mass is 513 g/mol. The number of carbonyl (C=O) groups excluding carboxylic acids is 2. The Kier molecular flexibility index (Phi) is 6.55. The largest absolute Gasteiger partial charge is 0.491 e. The Bertz CT molecular complexity index is 1190. The average molecular weight is 514 g/mol. The summed E-state index contributed by atoms with van der Waals surface area (Å²) in [5.74, 6) is 0.0733. The normalized spacial score (nSPS) is 17.3. The number of hydrogen-bond donors (Lipinski definition) is 2. The molecule has 2 heterocycles. The number of benzene rings is 2. The van der Waals surface area contributed by atoms with Crippen LogP contribution in [-0.4, -0.2) is 29.4 Å². The number of anilines is 2. The molecule has 2 aliphatic heterocycles. The molecule has 33 heavy (non-hydrogen) atoms. The zero-order valence-electron chi connectivity index (χ0n) is 16.7. The van der Waals surface area contributed by atoms with Crippen molar-refractivity contribution in [2.24, 2.45) is 0 Å². The molecule has 0 radical (unpaired) electrons. The van der Waals surface area contributed by atoms with Crippen LogP contribution >= 0.6 is 35.6 Å². The van der Waals surface area contributed by atoms with Crippen LogP contribution in [-0.2, 0) is 11.0 Å². The summed E-state index contributed by atoms with van der Waals surface area (Å²) in [5, 5.41) is 4.76. The third-order valence-corrected chi connectivity index (χ3v) is 6.17. The first kappa shape index (κ1) is 23.4. The standard InChI is InChI=1S/C21H15ClF3N3O3S2/c22-12-3-4-14(13(10-12)21(23,24)25)26-19(30)28-6-1-7-31-16-5-2-11(8-15(16)28)9-17-18(29)27-20(32)33-17/h2-5,8-10H,1,6-7H2,(H,26,30)(H,27,29,32). The summed E-state index contributed by atoms with van der Waals surface area (Å²) in [7, 11) is 0. The topological polar surface area (TPSA) is 70.7 Å². The molecule has 12 heteroatoms. The van der Waals surface area contributed by atoms with E-state index in [1.54, 1.807) is 24.3 Å². The van der Waals surface area contributed by atoms with Gasteiger partial charge in [-0.15, -0.1) is 0 Å². The summed E-state index contributed by atoms with van der Waals surface area (Å²) in [6, 6.07) is 7.37. The highest BCUT2D eigenvalue weighted by atomic mass is 35.5. The van der Waals surface area contributed by atoms with Crippen LogP contribution in [0.15, 0.2) is 41.3 Å². The summed E-state index contributed by atoms with van der Waals surface area (Å²) < 4.78 is 46.3. The maximum absolute atomic E-state index is 13.4. The van der Waals surface area contributed by atoms with Crippen molar-refractivity contribution in [2.45, 2.75) is 12.6 Å². The lowest BCUT2D eigenvalue weighted by atomic mass is 10.1. The van der Waals surface area contributed by atoms with Gasteiger partial charge in [-0.2, -0.15) is 13.2 Å². The Balaban J connectivity index is 1.66. The van der Waals surface area contributed by atoms with Crippen molar-refractivity contribution in [3.05, 3.63) is 57.5 Å². The number of thiocarbonyl (C=S) groups is 1. The van der Waals surface area contributed by atoms with Gasteiger partial charge in [0.15, 0.2) is 0 Å². The molecule has 1 saturated heterocycles. The molecule has 2 aromatic rings. The molecule has 172 valence electrons. The van der Waals surface area contributed by atoms with E-state index < -0.39 is 23.5 Å². The Morgan fingerprint density at radius 3 is 2.76 bits per heavy atom. The van der Waals surface area contributed by atoms with Gasteiger partial charge in [-0.1, -0.05) is 41.6 Å². The van der Waals surface area contributed by atoms with Gasteiger partial charge in [0.2, 0.25) is 0 Å². The molecule has 4 rings (SSSR count). The van der Waals surface area contributed by atoms with Gasteiger partial charge in [-0.25, -0.2) is 4.79 Å². The third kappa shape index (κ3) is 5.26. The van der Waals surface area contributed by atoms with Crippen molar-refractivity contribution >= 4 is 69.3 Å². The maximum Gasteiger partial charge on any atom is 0.418 e.